The van der Waals surface area contributed by atoms with Crippen LogP contribution in [0.15, 0.2) is 18.2 Å². The molecule has 0 aliphatic carbocycles. The predicted molar refractivity (Wildman–Crippen MR) is 89.5 cm³/mol. The Morgan fingerprint density at radius 2 is 2.09 bits per heavy atom. The smallest absolute Gasteiger partial charge is 0.244 e. The first-order valence-electron chi connectivity index (χ1n) is 7.52. The molecule has 6 heteroatoms. The van der Waals surface area contributed by atoms with Gasteiger partial charge in [-0.2, -0.15) is 0 Å². The van der Waals surface area contributed by atoms with Gasteiger partial charge in [0.15, 0.2) is 0 Å². The van der Waals surface area contributed by atoms with Crippen molar-refractivity contribution in [1.29, 1.82) is 0 Å². The minimum atomic E-state index is -0.194. The number of anilines is 2. The molecule has 1 aromatic carbocycles. The lowest BCUT2D eigenvalue weighted by atomic mass is 10.2. The number of nitrogens with one attached hydrogen (secondary N) is 1. The second-order valence-electron chi connectivity index (χ2n) is 5.73. The van der Waals surface area contributed by atoms with Gasteiger partial charge < -0.3 is 15.1 Å². The van der Waals surface area contributed by atoms with Crippen LogP contribution < -0.4 is 10.2 Å². The van der Waals surface area contributed by atoms with E-state index >= 15 is 0 Å². The number of hydrogen-bond acceptors (Lipinski definition) is 3. The average Bonchev–Trinajstić information content (AvgIpc) is 2.64. The van der Waals surface area contributed by atoms with E-state index in [0.717, 1.165) is 24.9 Å². The molecule has 1 heterocycles. The lowest BCUT2D eigenvalue weighted by Gasteiger charge is -2.22. The number of halogens is 1. The molecule has 5 nitrogen and oxygen atoms in total. The molecule has 0 atom stereocenters. The van der Waals surface area contributed by atoms with Gasteiger partial charge in [0, 0.05) is 32.1 Å². The van der Waals surface area contributed by atoms with Crippen LogP contribution in [0.25, 0.3) is 0 Å². The highest BCUT2D eigenvalue weighted by Gasteiger charge is 2.19. The highest BCUT2D eigenvalue weighted by molar-refractivity contribution is 6.31. The topological polar surface area (TPSA) is 52.7 Å². The Morgan fingerprint density at radius 3 is 2.82 bits per heavy atom. The van der Waals surface area contributed by atoms with Crippen molar-refractivity contribution in [1.82, 2.24) is 4.90 Å². The maximum Gasteiger partial charge on any atom is 0.244 e. The Hall–Kier alpha value is -1.75. The van der Waals surface area contributed by atoms with Crippen LogP contribution in [0.5, 0.6) is 0 Å². The van der Waals surface area contributed by atoms with Crippen molar-refractivity contribution in [2.45, 2.75) is 25.7 Å². The molecule has 2 amide bonds. The van der Waals surface area contributed by atoms with Crippen LogP contribution >= 0.6 is 11.6 Å². The summed E-state index contributed by atoms with van der Waals surface area (Å²) in [6, 6.07) is 5.36. The first-order chi connectivity index (χ1) is 10.5. The summed E-state index contributed by atoms with van der Waals surface area (Å²) >= 11 is 6.01. The van der Waals surface area contributed by atoms with Crippen LogP contribution in [0.4, 0.5) is 11.4 Å². The van der Waals surface area contributed by atoms with E-state index in [0.29, 0.717) is 23.7 Å². The molecule has 1 aromatic rings. The van der Waals surface area contributed by atoms with Gasteiger partial charge in [0.05, 0.1) is 17.9 Å². The number of amides is 2. The first-order valence-corrected chi connectivity index (χ1v) is 7.89. The van der Waals surface area contributed by atoms with E-state index in [9.17, 15) is 9.59 Å². The standard InChI is InChI=1S/C16H22ClN3O2/c1-19(2)14-8-7-12(17)10-13(14)18-15(21)11-20-9-5-3-4-6-16(20)22/h7-8,10H,3-6,9,11H2,1-2H3,(H,18,21). The normalized spacial score (nSPS) is 15.4. The Kier molecular flexibility index (Phi) is 5.66. The lowest BCUT2D eigenvalue weighted by molar-refractivity contribution is -0.134. The van der Waals surface area contributed by atoms with Crippen molar-refractivity contribution in [2.75, 3.05) is 37.4 Å². The van der Waals surface area contributed by atoms with Gasteiger partial charge in [-0.05, 0) is 31.0 Å². The largest absolute Gasteiger partial charge is 0.376 e. The summed E-state index contributed by atoms with van der Waals surface area (Å²) in [7, 11) is 3.80. The lowest BCUT2D eigenvalue weighted by Crippen LogP contribution is -2.37. The summed E-state index contributed by atoms with van der Waals surface area (Å²) < 4.78 is 0. The second-order valence-corrected chi connectivity index (χ2v) is 6.17. The summed E-state index contributed by atoms with van der Waals surface area (Å²) in [6.07, 6.45) is 3.45. The van der Waals surface area contributed by atoms with Gasteiger partial charge in [-0.1, -0.05) is 18.0 Å². The van der Waals surface area contributed by atoms with Gasteiger partial charge in [0.25, 0.3) is 0 Å². The highest BCUT2D eigenvalue weighted by atomic mass is 35.5. The molecule has 0 unspecified atom stereocenters. The molecule has 0 bridgehead atoms. The van der Waals surface area contributed by atoms with Crippen LogP contribution in [0.2, 0.25) is 5.02 Å². The fourth-order valence-corrected chi connectivity index (χ4v) is 2.74. The Labute approximate surface area is 136 Å². The molecule has 0 spiro atoms. The maximum absolute atomic E-state index is 12.3. The number of nitrogens with zero attached hydrogens (tertiary/aromatic N) is 2. The summed E-state index contributed by atoms with van der Waals surface area (Å²) in [5.41, 5.74) is 1.53. The Bertz CT molecular complexity index is 560. The SMILES string of the molecule is CN(C)c1ccc(Cl)cc1NC(=O)CN1CCCCCC1=O. The molecule has 120 valence electrons. The number of carbonyl (C=O) groups is 2. The molecule has 0 saturated carbocycles. The van der Waals surface area contributed by atoms with Crippen LogP contribution in [0, 0.1) is 0 Å². The van der Waals surface area contributed by atoms with E-state index in [2.05, 4.69) is 5.32 Å². The van der Waals surface area contributed by atoms with Crippen molar-refractivity contribution < 1.29 is 9.59 Å². The number of likely N-dealkylation sites (tertiary alicyclic amines) is 1. The average molecular weight is 324 g/mol. The first kappa shape index (κ1) is 16.6. The molecule has 1 aliphatic heterocycles. The fraction of sp³-hybridized carbons (Fsp3) is 0.500. The monoisotopic (exact) mass is 323 g/mol. The van der Waals surface area contributed by atoms with Gasteiger partial charge >= 0.3 is 0 Å². The van der Waals surface area contributed by atoms with Crippen LogP contribution in [-0.2, 0) is 9.59 Å². The summed E-state index contributed by atoms with van der Waals surface area (Å²) in [5, 5.41) is 3.42. The number of carbonyl (C=O) groups excluding carboxylic acids is 2. The molecule has 2 rings (SSSR count). The van der Waals surface area contributed by atoms with Crippen molar-refractivity contribution >= 4 is 34.8 Å². The zero-order valence-electron chi connectivity index (χ0n) is 13.1. The van der Waals surface area contributed by atoms with E-state index in [-0.39, 0.29) is 18.4 Å². The van der Waals surface area contributed by atoms with E-state index in [4.69, 9.17) is 11.6 Å². The maximum atomic E-state index is 12.3. The Balaban J connectivity index is 2.05. The number of benzene rings is 1. The predicted octanol–water partition coefficient (Wildman–Crippen LogP) is 2.75. The molecule has 1 saturated heterocycles. The zero-order valence-corrected chi connectivity index (χ0v) is 13.8. The zero-order chi connectivity index (χ0) is 16.1. The molecule has 1 aliphatic rings. The van der Waals surface area contributed by atoms with E-state index in [1.165, 1.54) is 0 Å². The summed E-state index contributed by atoms with van der Waals surface area (Å²) in [5.74, 6) is -0.132. The van der Waals surface area contributed by atoms with E-state index < -0.39 is 0 Å². The van der Waals surface area contributed by atoms with Crippen molar-refractivity contribution in [3.63, 3.8) is 0 Å². The quantitative estimate of drug-likeness (QED) is 0.927. The molecule has 22 heavy (non-hydrogen) atoms. The molecular weight excluding hydrogens is 302 g/mol. The van der Waals surface area contributed by atoms with Gasteiger partial charge in [-0.15, -0.1) is 0 Å². The van der Waals surface area contributed by atoms with Gasteiger partial charge in [0.1, 0.15) is 0 Å². The molecular formula is C16H22ClN3O2. The molecule has 1 fully saturated rings. The summed E-state index contributed by atoms with van der Waals surface area (Å²) in [6.45, 7) is 0.751. The molecule has 0 aromatic heterocycles. The number of rotatable bonds is 4. The second kappa shape index (κ2) is 7.49. The molecule has 0 radical (unpaired) electrons. The van der Waals surface area contributed by atoms with Gasteiger partial charge in [-0.3, -0.25) is 9.59 Å². The third-order valence-corrected chi connectivity index (χ3v) is 3.96. The van der Waals surface area contributed by atoms with Crippen molar-refractivity contribution in [2.24, 2.45) is 0 Å². The van der Waals surface area contributed by atoms with E-state index in [1.54, 1.807) is 17.0 Å². The minimum absolute atomic E-state index is 0.0616. The van der Waals surface area contributed by atoms with Crippen LogP contribution in [0.1, 0.15) is 25.7 Å². The van der Waals surface area contributed by atoms with Gasteiger partial charge in [0.2, 0.25) is 11.8 Å². The number of hydrogen-bond donors (Lipinski definition) is 1. The Morgan fingerprint density at radius 1 is 1.32 bits per heavy atom. The van der Waals surface area contributed by atoms with Gasteiger partial charge in [-0.25, -0.2) is 0 Å². The minimum Gasteiger partial charge on any atom is -0.376 e. The fourth-order valence-electron chi connectivity index (χ4n) is 2.57. The highest BCUT2D eigenvalue weighted by Crippen LogP contribution is 2.27. The molecule has 1 N–H and O–H groups in total. The van der Waals surface area contributed by atoms with Crippen LogP contribution in [0.3, 0.4) is 0 Å². The third-order valence-electron chi connectivity index (χ3n) is 3.72. The van der Waals surface area contributed by atoms with E-state index in [1.807, 2.05) is 25.1 Å². The van der Waals surface area contributed by atoms with Crippen LogP contribution in [-0.4, -0.2) is 43.9 Å². The third kappa shape index (κ3) is 4.37. The van der Waals surface area contributed by atoms with Crippen molar-refractivity contribution in [3.05, 3.63) is 23.2 Å². The summed E-state index contributed by atoms with van der Waals surface area (Å²) in [4.78, 5) is 27.8. The van der Waals surface area contributed by atoms with Crippen molar-refractivity contribution in [3.8, 4) is 0 Å².